The largest absolute Gasteiger partial charge is 0.494 e. The fourth-order valence-corrected chi connectivity index (χ4v) is 2.14. The summed E-state index contributed by atoms with van der Waals surface area (Å²) in [5.41, 5.74) is 6.43. The van der Waals surface area contributed by atoms with Gasteiger partial charge in [-0.1, -0.05) is 19.6 Å². The molecule has 4 heteroatoms. The molecule has 0 heterocycles. The normalized spacial score (nSPS) is 11.5. The monoisotopic (exact) mass is 287 g/mol. The van der Waals surface area contributed by atoms with Gasteiger partial charge in [0.2, 0.25) is 0 Å². The Morgan fingerprint density at radius 2 is 2.00 bits per heavy atom. The quantitative estimate of drug-likeness (QED) is 0.676. The third kappa shape index (κ3) is 4.71. The zero-order valence-electron chi connectivity index (χ0n) is 9.51. The van der Waals surface area contributed by atoms with Gasteiger partial charge in [-0.05, 0) is 40.2 Å². The molecule has 2 N–H and O–H groups in total. The number of nitrogens with two attached hydrogens (primary N) is 1. The highest BCUT2D eigenvalue weighted by atomic mass is 79.9. The number of anilines is 1. The number of hydrogen-bond donors (Lipinski definition) is 1. The minimum Gasteiger partial charge on any atom is -0.494 e. The third-order valence-corrected chi connectivity index (χ3v) is 4.48. The molecule has 0 bridgehead atoms. The van der Waals surface area contributed by atoms with Crippen molar-refractivity contribution in [2.45, 2.75) is 25.7 Å². The van der Waals surface area contributed by atoms with Crippen LogP contribution in [0.5, 0.6) is 5.75 Å². The number of hydrogen-bond acceptors (Lipinski definition) is 2. The first kappa shape index (κ1) is 12.6. The standard InChI is InChI=1S/C11H18BrNOSi/c1-15(2,3)7-6-14-9-4-5-11(13)10(12)8-9/h4-5,8H,6-7,13H2,1-3H3. The van der Waals surface area contributed by atoms with Gasteiger partial charge in [0, 0.05) is 18.2 Å². The molecule has 0 atom stereocenters. The van der Waals surface area contributed by atoms with Crippen molar-refractivity contribution in [3.05, 3.63) is 22.7 Å². The van der Waals surface area contributed by atoms with Crippen LogP contribution in [0.4, 0.5) is 5.69 Å². The predicted octanol–water partition coefficient (Wildman–Crippen LogP) is 3.75. The molecule has 0 aliphatic carbocycles. The van der Waals surface area contributed by atoms with Crippen molar-refractivity contribution >= 4 is 29.7 Å². The molecule has 0 radical (unpaired) electrons. The van der Waals surface area contributed by atoms with Gasteiger partial charge in [-0.25, -0.2) is 0 Å². The Hall–Kier alpha value is -0.483. The molecule has 0 spiro atoms. The Kier molecular flexibility index (Phi) is 4.22. The van der Waals surface area contributed by atoms with Crippen molar-refractivity contribution in [2.75, 3.05) is 12.3 Å². The zero-order chi connectivity index (χ0) is 11.5. The van der Waals surface area contributed by atoms with Crippen molar-refractivity contribution in [1.82, 2.24) is 0 Å². The average molecular weight is 288 g/mol. The van der Waals surface area contributed by atoms with Crippen LogP contribution in [-0.2, 0) is 0 Å². The minimum atomic E-state index is -0.997. The minimum absolute atomic E-state index is 0.743. The van der Waals surface area contributed by atoms with Crippen molar-refractivity contribution in [2.24, 2.45) is 0 Å². The summed E-state index contributed by atoms with van der Waals surface area (Å²) in [4.78, 5) is 0. The first-order chi connectivity index (χ1) is 6.88. The molecule has 1 aromatic carbocycles. The van der Waals surface area contributed by atoms with E-state index < -0.39 is 8.07 Å². The maximum absolute atomic E-state index is 5.69. The highest BCUT2D eigenvalue weighted by Gasteiger charge is 2.12. The summed E-state index contributed by atoms with van der Waals surface area (Å²) in [5, 5.41) is 0. The van der Waals surface area contributed by atoms with E-state index in [0.717, 1.165) is 22.5 Å². The highest BCUT2D eigenvalue weighted by molar-refractivity contribution is 9.10. The van der Waals surface area contributed by atoms with Crippen LogP contribution in [0.2, 0.25) is 25.7 Å². The molecule has 1 aromatic rings. The summed E-state index contributed by atoms with van der Waals surface area (Å²) in [6, 6.07) is 6.85. The Morgan fingerprint density at radius 1 is 1.33 bits per heavy atom. The van der Waals surface area contributed by atoms with E-state index in [-0.39, 0.29) is 0 Å². The lowest BCUT2D eigenvalue weighted by molar-refractivity contribution is 0.338. The number of ether oxygens (including phenoxy) is 1. The van der Waals surface area contributed by atoms with Gasteiger partial charge in [-0.15, -0.1) is 0 Å². The van der Waals surface area contributed by atoms with E-state index in [4.69, 9.17) is 10.5 Å². The van der Waals surface area contributed by atoms with Crippen LogP contribution in [0, 0.1) is 0 Å². The van der Waals surface area contributed by atoms with E-state index >= 15 is 0 Å². The highest BCUT2D eigenvalue weighted by Crippen LogP contribution is 2.25. The number of benzene rings is 1. The number of halogens is 1. The van der Waals surface area contributed by atoms with Crippen molar-refractivity contribution < 1.29 is 4.74 Å². The molecule has 0 aromatic heterocycles. The van der Waals surface area contributed by atoms with Gasteiger partial charge in [0.1, 0.15) is 5.75 Å². The molecule has 0 amide bonds. The summed E-state index contributed by atoms with van der Waals surface area (Å²) in [6.07, 6.45) is 0. The zero-order valence-corrected chi connectivity index (χ0v) is 12.1. The fourth-order valence-electron chi connectivity index (χ4n) is 1.07. The fraction of sp³-hybridized carbons (Fsp3) is 0.455. The Bertz CT molecular complexity index is 336. The first-order valence-electron chi connectivity index (χ1n) is 5.06. The molecule has 0 aliphatic heterocycles. The lowest BCUT2D eigenvalue weighted by Gasteiger charge is -2.16. The number of nitrogen functional groups attached to an aromatic ring is 1. The SMILES string of the molecule is C[Si](C)(C)CCOc1ccc(N)c(Br)c1. The molecule has 2 nitrogen and oxygen atoms in total. The average Bonchev–Trinajstić information content (AvgIpc) is 2.09. The lowest BCUT2D eigenvalue weighted by Crippen LogP contribution is -2.22. The smallest absolute Gasteiger partial charge is 0.120 e. The van der Waals surface area contributed by atoms with E-state index in [1.165, 1.54) is 6.04 Å². The first-order valence-corrected chi connectivity index (χ1v) is 9.56. The van der Waals surface area contributed by atoms with Gasteiger partial charge < -0.3 is 10.5 Å². The maximum atomic E-state index is 5.69. The topological polar surface area (TPSA) is 35.2 Å². The summed E-state index contributed by atoms with van der Waals surface area (Å²) < 4.78 is 6.56. The van der Waals surface area contributed by atoms with Gasteiger partial charge in [0.05, 0.1) is 6.61 Å². The molecule has 15 heavy (non-hydrogen) atoms. The van der Waals surface area contributed by atoms with E-state index in [1.807, 2.05) is 18.2 Å². The van der Waals surface area contributed by atoms with Crippen LogP contribution in [0.1, 0.15) is 0 Å². The number of rotatable bonds is 4. The van der Waals surface area contributed by atoms with Crippen molar-refractivity contribution in [1.29, 1.82) is 0 Å². The Labute approximate surface area is 101 Å². The lowest BCUT2D eigenvalue weighted by atomic mass is 10.3. The summed E-state index contributed by atoms with van der Waals surface area (Å²) in [5.74, 6) is 0.884. The van der Waals surface area contributed by atoms with E-state index in [2.05, 4.69) is 35.6 Å². The molecule has 0 saturated heterocycles. The van der Waals surface area contributed by atoms with Crippen LogP contribution in [0.3, 0.4) is 0 Å². The summed E-state index contributed by atoms with van der Waals surface area (Å²) >= 11 is 3.38. The molecular weight excluding hydrogens is 270 g/mol. The van der Waals surface area contributed by atoms with Crippen LogP contribution >= 0.6 is 15.9 Å². The van der Waals surface area contributed by atoms with E-state index in [1.54, 1.807) is 0 Å². The maximum Gasteiger partial charge on any atom is 0.120 e. The van der Waals surface area contributed by atoms with Gasteiger partial charge in [-0.3, -0.25) is 0 Å². The Morgan fingerprint density at radius 3 is 2.53 bits per heavy atom. The van der Waals surface area contributed by atoms with E-state index in [0.29, 0.717) is 0 Å². The molecule has 0 unspecified atom stereocenters. The van der Waals surface area contributed by atoms with Gasteiger partial charge >= 0.3 is 0 Å². The van der Waals surface area contributed by atoms with Gasteiger partial charge in [0.15, 0.2) is 0 Å². The van der Waals surface area contributed by atoms with Crippen LogP contribution in [0.15, 0.2) is 22.7 Å². The van der Waals surface area contributed by atoms with Crippen LogP contribution in [-0.4, -0.2) is 14.7 Å². The predicted molar refractivity (Wildman–Crippen MR) is 72.2 cm³/mol. The van der Waals surface area contributed by atoms with Gasteiger partial charge in [0.25, 0.3) is 0 Å². The van der Waals surface area contributed by atoms with Crippen LogP contribution in [0.25, 0.3) is 0 Å². The molecule has 84 valence electrons. The molecule has 0 fully saturated rings. The molecule has 1 rings (SSSR count). The van der Waals surface area contributed by atoms with E-state index in [9.17, 15) is 0 Å². The second kappa shape index (κ2) is 5.03. The second-order valence-corrected chi connectivity index (χ2v) is 11.3. The molecular formula is C11H18BrNOSi. The van der Waals surface area contributed by atoms with Crippen LogP contribution < -0.4 is 10.5 Å². The third-order valence-electron chi connectivity index (χ3n) is 2.09. The second-order valence-electron chi connectivity index (χ2n) is 4.84. The summed E-state index contributed by atoms with van der Waals surface area (Å²) in [7, 11) is -0.997. The van der Waals surface area contributed by atoms with Crippen molar-refractivity contribution in [3.63, 3.8) is 0 Å². The molecule has 0 saturated carbocycles. The summed E-state index contributed by atoms with van der Waals surface area (Å²) in [6.45, 7) is 7.83. The Balaban J connectivity index is 2.48. The van der Waals surface area contributed by atoms with Gasteiger partial charge in [-0.2, -0.15) is 0 Å². The molecule has 0 aliphatic rings. The van der Waals surface area contributed by atoms with Crippen molar-refractivity contribution in [3.8, 4) is 5.75 Å².